The molecule has 19 heteroatoms. The number of nitrogens with zero attached hydrogens (tertiary/aromatic N) is 3. The van der Waals surface area contributed by atoms with E-state index in [1.165, 1.54) is 25.1 Å². The Hall–Kier alpha value is -4.68. The van der Waals surface area contributed by atoms with Crippen molar-refractivity contribution in [2.75, 3.05) is 13.7 Å². The fraction of sp³-hybridized carbons (Fsp3) is 0.632. The second-order valence-electron chi connectivity index (χ2n) is 16.6. The summed E-state index contributed by atoms with van der Waals surface area (Å²) in [6.45, 7) is 6.31. The number of halogens is 3. The first-order valence-electron chi connectivity index (χ1n) is 19.0. The van der Waals surface area contributed by atoms with Gasteiger partial charge in [-0.15, -0.1) is 0 Å². The number of nitrogens with one attached hydrogen (secondary N) is 3. The van der Waals surface area contributed by atoms with Crippen molar-refractivity contribution in [3.05, 3.63) is 36.5 Å². The molecule has 2 aliphatic carbocycles. The highest BCUT2D eigenvalue weighted by Crippen LogP contribution is 2.48. The molecule has 4 aliphatic rings. The van der Waals surface area contributed by atoms with Crippen LogP contribution in [-0.4, -0.2) is 101 Å². The van der Waals surface area contributed by atoms with E-state index < -0.39 is 85.9 Å². The molecular formula is C38H49F3N6O9S. The number of methoxy groups -OCH3 is 1. The van der Waals surface area contributed by atoms with Gasteiger partial charge in [-0.2, -0.15) is 23.4 Å². The van der Waals surface area contributed by atoms with Crippen LogP contribution in [0.3, 0.4) is 0 Å². The molecule has 1 aromatic heterocycles. The first-order chi connectivity index (χ1) is 26.6. The van der Waals surface area contributed by atoms with Gasteiger partial charge in [0.1, 0.15) is 40.7 Å². The van der Waals surface area contributed by atoms with Crippen molar-refractivity contribution in [3.8, 4) is 11.5 Å². The van der Waals surface area contributed by atoms with Gasteiger partial charge in [-0.3, -0.25) is 19.1 Å². The van der Waals surface area contributed by atoms with Crippen LogP contribution in [0.15, 0.2) is 36.5 Å². The number of aromatic nitrogens is 2. The molecule has 0 spiro atoms. The molecule has 0 radical (unpaired) electrons. The van der Waals surface area contributed by atoms with E-state index in [1.807, 2.05) is 13.0 Å². The minimum Gasteiger partial charge on any atom is -0.497 e. The molecule has 4 amide bonds. The maximum Gasteiger partial charge on any atom is 0.427 e. The van der Waals surface area contributed by atoms with Crippen molar-refractivity contribution in [2.24, 2.45) is 17.8 Å². The van der Waals surface area contributed by atoms with Crippen LogP contribution in [0.5, 0.6) is 11.5 Å². The van der Waals surface area contributed by atoms with Gasteiger partial charge in [-0.25, -0.2) is 13.2 Å². The summed E-state index contributed by atoms with van der Waals surface area (Å²) in [6, 6.07) is 2.29. The maximum atomic E-state index is 14.7. The van der Waals surface area contributed by atoms with E-state index in [0.717, 1.165) is 0 Å². The molecule has 7 unspecified atom stereocenters. The number of carbonyl (C=O) groups is 4. The average molecular weight is 823 g/mol. The number of fused-ring (bicyclic) bond motifs is 3. The highest BCUT2D eigenvalue weighted by atomic mass is 32.2. The lowest BCUT2D eigenvalue weighted by molar-refractivity contribution is -0.244. The number of sulfonamides is 1. The van der Waals surface area contributed by atoms with E-state index in [2.05, 4.69) is 25.6 Å². The number of allylic oxidation sites excluding steroid dienone is 1. The first kappa shape index (κ1) is 41.9. The molecule has 312 valence electrons. The minimum atomic E-state index is -4.91. The molecular weight excluding hydrogens is 774 g/mol. The van der Waals surface area contributed by atoms with Crippen LogP contribution in [0.25, 0.3) is 10.9 Å². The van der Waals surface area contributed by atoms with Gasteiger partial charge < -0.3 is 29.7 Å². The van der Waals surface area contributed by atoms with Crippen molar-refractivity contribution in [2.45, 2.75) is 120 Å². The summed E-state index contributed by atoms with van der Waals surface area (Å²) in [5, 5.41) is 13.9. The molecule has 1 aromatic carbocycles. The van der Waals surface area contributed by atoms with Crippen molar-refractivity contribution >= 4 is 44.7 Å². The average Bonchev–Trinajstić information content (AvgIpc) is 4.01. The zero-order valence-corrected chi connectivity index (χ0v) is 33.5. The van der Waals surface area contributed by atoms with Crippen molar-refractivity contribution in [1.82, 2.24) is 30.5 Å². The summed E-state index contributed by atoms with van der Waals surface area (Å²) >= 11 is 0. The van der Waals surface area contributed by atoms with Gasteiger partial charge in [0, 0.05) is 23.8 Å². The lowest BCUT2D eigenvalue weighted by Crippen LogP contribution is -2.59. The highest BCUT2D eigenvalue weighted by molar-refractivity contribution is 7.91. The summed E-state index contributed by atoms with van der Waals surface area (Å²) in [5.41, 5.74) is -4.09. The van der Waals surface area contributed by atoms with E-state index in [4.69, 9.17) is 14.2 Å². The highest BCUT2D eigenvalue weighted by Gasteiger charge is 2.63. The predicted molar refractivity (Wildman–Crippen MR) is 199 cm³/mol. The van der Waals surface area contributed by atoms with Crippen LogP contribution in [0.1, 0.15) is 79.6 Å². The summed E-state index contributed by atoms with van der Waals surface area (Å²) in [6.07, 6.45) is 0.0150. The van der Waals surface area contributed by atoms with Gasteiger partial charge >= 0.3 is 12.3 Å². The van der Waals surface area contributed by atoms with Gasteiger partial charge in [0.15, 0.2) is 0 Å². The molecule has 57 heavy (non-hydrogen) atoms. The molecule has 1 saturated heterocycles. The molecule has 0 bridgehead atoms. The molecule has 3 fully saturated rings. The normalized spacial score (nSPS) is 29.2. The molecule has 2 aromatic rings. The Kier molecular flexibility index (Phi) is 11.2. The summed E-state index contributed by atoms with van der Waals surface area (Å²) in [4.78, 5) is 57.3. The number of hydrogen-bond acceptors (Lipinski definition) is 11. The number of alkyl halides is 3. The van der Waals surface area contributed by atoms with Crippen LogP contribution < -0.4 is 24.8 Å². The van der Waals surface area contributed by atoms with Crippen molar-refractivity contribution in [3.63, 3.8) is 0 Å². The maximum absolute atomic E-state index is 14.7. The number of benzene rings is 1. The molecule has 3 heterocycles. The third-order valence-corrected chi connectivity index (χ3v) is 13.8. The molecule has 2 saturated carbocycles. The zero-order valence-electron chi connectivity index (χ0n) is 32.6. The lowest BCUT2D eigenvalue weighted by Gasteiger charge is -2.34. The third-order valence-electron chi connectivity index (χ3n) is 11.7. The van der Waals surface area contributed by atoms with Gasteiger partial charge in [0.2, 0.25) is 27.4 Å². The third kappa shape index (κ3) is 8.62. The number of alkyl carbamates (subject to hydrolysis) is 1. The number of amides is 4. The molecule has 6 rings (SSSR count). The topological polar surface area (TPSA) is 195 Å². The SMILES string of the molecule is COc1ccc2c(OC3CC4C(=O)NC5(C(=O)NS(=O)(=O)C6(C)CC6)CC5C=CCCC(C)CC(C)C(NC(=O)OC(C)(C)C(F)(F)F)C(=O)N4C3)cnnc2c1. The Morgan fingerprint density at radius 1 is 1.11 bits per heavy atom. The van der Waals surface area contributed by atoms with Crippen LogP contribution in [-0.2, 0) is 29.1 Å². The number of ether oxygens (including phenoxy) is 3. The fourth-order valence-electron chi connectivity index (χ4n) is 7.46. The second kappa shape index (κ2) is 15.2. The second-order valence-corrected chi connectivity index (χ2v) is 18.8. The van der Waals surface area contributed by atoms with Crippen molar-refractivity contribution < 1.29 is 55.0 Å². The van der Waals surface area contributed by atoms with E-state index in [9.17, 15) is 40.8 Å². The van der Waals surface area contributed by atoms with Crippen LogP contribution in [0.2, 0.25) is 0 Å². The summed E-state index contributed by atoms with van der Waals surface area (Å²) in [7, 11) is -2.58. The number of hydrogen-bond donors (Lipinski definition) is 3. The summed E-state index contributed by atoms with van der Waals surface area (Å²) in [5.74, 6) is -2.90. The van der Waals surface area contributed by atoms with Crippen LogP contribution >= 0.6 is 0 Å². The molecule has 7 atom stereocenters. The van der Waals surface area contributed by atoms with Crippen LogP contribution in [0, 0.1) is 17.8 Å². The Labute approximate surface area is 328 Å². The van der Waals surface area contributed by atoms with Crippen molar-refractivity contribution in [1.29, 1.82) is 0 Å². The monoisotopic (exact) mass is 822 g/mol. The molecule has 2 aliphatic heterocycles. The van der Waals surface area contributed by atoms with Gasteiger partial charge in [0.25, 0.3) is 5.91 Å². The smallest absolute Gasteiger partial charge is 0.427 e. The largest absolute Gasteiger partial charge is 0.497 e. The lowest BCUT2D eigenvalue weighted by atomic mass is 9.88. The van der Waals surface area contributed by atoms with Gasteiger partial charge in [-0.05, 0) is 83.3 Å². The van der Waals surface area contributed by atoms with E-state index in [0.29, 0.717) is 62.6 Å². The van der Waals surface area contributed by atoms with E-state index in [1.54, 1.807) is 31.2 Å². The van der Waals surface area contributed by atoms with E-state index >= 15 is 0 Å². The Bertz CT molecular complexity index is 2060. The molecule has 3 N–H and O–H groups in total. The number of carbonyl (C=O) groups excluding carboxylic acids is 4. The molecule has 15 nitrogen and oxygen atoms in total. The quantitative estimate of drug-likeness (QED) is 0.321. The van der Waals surface area contributed by atoms with Crippen LogP contribution in [0.4, 0.5) is 18.0 Å². The first-order valence-corrected chi connectivity index (χ1v) is 20.5. The summed E-state index contributed by atoms with van der Waals surface area (Å²) < 4.78 is 85.0. The minimum absolute atomic E-state index is 0.0393. The Morgan fingerprint density at radius 3 is 2.49 bits per heavy atom. The standard InChI is InChI=1S/C38H49F3N6O9S/c1-21-9-7-8-10-23-18-37(23,33(50)46-57(52,53)36(5)13-14-36)44-31(48)28-17-25(55-29-19-42-45-27-16-24(54-6)11-12-26(27)29)20-47(28)32(49)30(22(2)15-21)43-34(51)56-35(3,4)38(39,40)41/h8,10-12,16,19,21-23,25,28,30H,7,9,13-15,17-18,20H2,1-6H3,(H,43,51)(H,44,48)(H,46,50). The fourth-order valence-corrected chi connectivity index (χ4v) is 8.77. The van der Waals surface area contributed by atoms with E-state index in [-0.39, 0.29) is 31.1 Å². The van der Waals surface area contributed by atoms with Gasteiger partial charge in [0.05, 0.1) is 24.6 Å². The Morgan fingerprint density at radius 2 is 1.82 bits per heavy atom. The number of rotatable bonds is 8. The Balaban J connectivity index is 1.35. The van der Waals surface area contributed by atoms with Gasteiger partial charge in [-0.1, -0.05) is 26.0 Å². The zero-order chi connectivity index (χ0) is 41.7. The predicted octanol–water partition coefficient (Wildman–Crippen LogP) is 4.31.